The van der Waals surface area contributed by atoms with Gasteiger partial charge in [0.15, 0.2) is 0 Å². The number of pyridine rings is 2. The molecule has 0 fully saturated rings. The molecule has 4 rings (SSSR count). The minimum atomic E-state index is 0.520. The number of anilines is 1. The molecule has 1 N–H and O–H groups in total. The van der Waals surface area contributed by atoms with Gasteiger partial charge in [0.05, 0.1) is 5.52 Å². The molecule has 0 radical (unpaired) electrons. The maximum Gasteiger partial charge on any atom is 0.127 e. The van der Waals surface area contributed by atoms with E-state index in [1.165, 1.54) is 16.5 Å². The van der Waals surface area contributed by atoms with Crippen LogP contribution in [0.4, 0.5) is 5.82 Å². The molecule has 0 bridgehead atoms. The second-order valence-electron chi connectivity index (χ2n) is 6.49. The number of para-hydroxylation sites is 1. The molecule has 27 heavy (non-hydrogen) atoms. The lowest BCUT2D eigenvalue weighted by Crippen LogP contribution is -2.02. The van der Waals surface area contributed by atoms with Crippen molar-refractivity contribution in [2.75, 3.05) is 5.32 Å². The summed E-state index contributed by atoms with van der Waals surface area (Å²) in [6, 6.07) is 22.3. The van der Waals surface area contributed by atoms with Gasteiger partial charge in [-0.25, -0.2) is 4.98 Å². The van der Waals surface area contributed by atoms with Crippen LogP contribution in [0, 0.1) is 6.92 Å². The summed E-state index contributed by atoms with van der Waals surface area (Å²) in [5.74, 6) is 1.74. The molecule has 4 aromatic rings. The third-order valence-electron chi connectivity index (χ3n) is 4.45. The van der Waals surface area contributed by atoms with E-state index in [0.29, 0.717) is 13.2 Å². The van der Waals surface area contributed by atoms with Crippen molar-refractivity contribution < 1.29 is 4.74 Å². The fraction of sp³-hybridized carbons (Fsp3) is 0.130. The molecule has 0 aliphatic heterocycles. The number of aromatic nitrogens is 2. The van der Waals surface area contributed by atoms with Crippen LogP contribution in [0.2, 0.25) is 0 Å². The van der Waals surface area contributed by atoms with Crippen molar-refractivity contribution in [3.05, 3.63) is 95.8 Å². The summed E-state index contributed by atoms with van der Waals surface area (Å²) in [6.45, 7) is 3.35. The molecule has 4 heteroatoms. The molecule has 0 saturated carbocycles. The maximum atomic E-state index is 5.80. The normalized spacial score (nSPS) is 10.7. The lowest BCUT2D eigenvalue weighted by Gasteiger charge is -2.10. The minimum absolute atomic E-state index is 0.520. The first-order chi connectivity index (χ1) is 13.3. The van der Waals surface area contributed by atoms with Gasteiger partial charge in [0.1, 0.15) is 18.2 Å². The van der Waals surface area contributed by atoms with E-state index in [1.54, 1.807) is 6.20 Å². The third kappa shape index (κ3) is 4.23. The van der Waals surface area contributed by atoms with Gasteiger partial charge in [0.2, 0.25) is 0 Å². The predicted molar refractivity (Wildman–Crippen MR) is 109 cm³/mol. The predicted octanol–water partition coefficient (Wildman–Crippen LogP) is 5.13. The Morgan fingerprint density at radius 1 is 0.926 bits per heavy atom. The van der Waals surface area contributed by atoms with Crippen molar-refractivity contribution in [1.29, 1.82) is 0 Å². The van der Waals surface area contributed by atoms with Crippen molar-refractivity contribution in [3.63, 3.8) is 0 Å². The van der Waals surface area contributed by atoms with E-state index in [1.807, 2.05) is 48.7 Å². The quantitative estimate of drug-likeness (QED) is 0.521. The summed E-state index contributed by atoms with van der Waals surface area (Å²) in [4.78, 5) is 8.79. The first kappa shape index (κ1) is 17.0. The van der Waals surface area contributed by atoms with Gasteiger partial charge in [-0.3, -0.25) is 4.98 Å². The third-order valence-corrected chi connectivity index (χ3v) is 4.45. The summed E-state index contributed by atoms with van der Waals surface area (Å²) in [5, 5.41) is 4.60. The van der Waals surface area contributed by atoms with E-state index >= 15 is 0 Å². The number of rotatable bonds is 6. The van der Waals surface area contributed by atoms with E-state index in [-0.39, 0.29) is 0 Å². The fourth-order valence-electron chi connectivity index (χ4n) is 2.99. The highest BCUT2D eigenvalue weighted by Crippen LogP contribution is 2.20. The van der Waals surface area contributed by atoms with Gasteiger partial charge in [0, 0.05) is 29.9 Å². The Hall–Kier alpha value is -3.40. The highest BCUT2D eigenvalue weighted by Gasteiger charge is 2.03. The number of benzene rings is 2. The Morgan fingerprint density at radius 3 is 2.59 bits per heavy atom. The summed E-state index contributed by atoms with van der Waals surface area (Å²) in [5.41, 5.74) is 4.47. The zero-order valence-corrected chi connectivity index (χ0v) is 15.2. The molecule has 0 aliphatic carbocycles. The highest BCUT2D eigenvalue weighted by molar-refractivity contribution is 5.83. The molecule has 0 amide bonds. The zero-order valence-electron chi connectivity index (χ0n) is 15.2. The number of ether oxygens (including phenoxy) is 1. The van der Waals surface area contributed by atoms with Crippen LogP contribution in [0.15, 0.2) is 79.1 Å². The smallest absolute Gasteiger partial charge is 0.127 e. The van der Waals surface area contributed by atoms with Crippen molar-refractivity contribution in [2.45, 2.75) is 20.1 Å². The van der Waals surface area contributed by atoms with Gasteiger partial charge in [-0.05, 0) is 48.4 Å². The highest BCUT2D eigenvalue weighted by atomic mass is 16.5. The molecule has 2 aromatic carbocycles. The summed E-state index contributed by atoms with van der Waals surface area (Å²) < 4.78 is 5.80. The summed E-state index contributed by atoms with van der Waals surface area (Å²) in [7, 11) is 0. The van der Waals surface area contributed by atoms with Crippen LogP contribution >= 0.6 is 0 Å². The molecule has 0 aliphatic rings. The molecule has 0 spiro atoms. The Kier molecular flexibility index (Phi) is 4.97. The van der Waals surface area contributed by atoms with Gasteiger partial charge in [-0.1, -0.05) is 36.4 Å². The number of fused-ring (bicyclic) bond motifs is 1. The molecular weight excluding hydrogens is 334 g/mol. The minimum Gasteiger partial charge on any atom is -0.489 e. The number of hydrogen-bond acceptors (Lipinski definition) is 4. The average molecular weight is 355 g/mol. The largest absolute Gasteiger partial charge is 0.489 e. The molecule has 0 unspecified atom stereocenters. The second-order valence-corrected chi connectivity index (χ2v) is 6.49. The molecule has 2 aromatic heterocycles. The lowest BCUT2D eigenvalue weighted by atomic mass is 10.1. The van der Waals surface area contributed by atoms with E-state index in [0.717, 1.165) is 22.6 Å². The lowest BCUT2D eigenvalue weighted by molar-refractivity contribution is 0.305. The molecule has 0 atom stereocenters. The fourth-order valence-corrected chi connectivity index (χ4v) is 2.99. The van der Waals surface area contributed by atoms with Crippen LogP contribution in [0.5, 0.6) is 5.75 Å². The van der Waals surface area contributed by atoms with Crippen molar-refractivity contribution >= 4 is 16.7 Å². The summed E-state index contributed by atoms with van der Waals surface area (Å²) >= 11 is 0. The molecule has 4 nitrogen and oxygen atoms in total. The SMILES string of the molecule is Cc1cc(NCc2ccc(OCc3cccnc3)cc2)nc2ccccc12. The second kappa shape index (κ2) is 7.87. The van der Waals surface area contributed by atoms with Crippen LogP contribution in [0.1, 0.15) is 16.7 Å². The van der Waals surface area contributed by atoms with E-state index in [2.05, 4.69) is 46.5 Å². The Bertz CT molecular complexity index is 1030. The molecule has 0 saturated heterocycles. The first-order valence-electron chi connectivity index (χ1n) is 8.99. The van der Waals surface area contributed by atoms with Gasteiger partial charge in [-0.15, -0.1) is 0 Å². The van der Waals surface area contributed by atoms with Crippen molar-refractivity contribution in [2.24, 2.45) is 0 Å². The van der Waals surface area contributed by atoms with Gasteiger partial charge in [-0.2, -0.15) is 0 Å². The Labute approximate surface area is 158 Å². The topological polar surface area (TPSA) is 47.0 Å². The number of nitrogens with zero attached hydrogens (tertiary/aromatic N) is 2. The van der Waals surface area contributed by atoms with Crippen LogP contribution in [0.3, 0.4) is 0 Å². The standard InChI is InChI=1S/C23H21N3O/c1-17-13-23(26-22-7-3-2-6-21(17)22)25-15-18-8-10-20(11-9-18)27-16-19-5-4-12-24-14-19/h2-14H,15-16H2,1H3,(H,25,26). The van der Waals surface area contributed by atoms with Gasteiger partial charge < -0.3 is 10.1 Å². The van der Waals surface area contributed by atoms with Gasteiger partial charge in [0.25, 0.3) is 0 Å². The van der Waals surface area contributed by atoms with E-state index in [9.17, 15) is 0 Å². The molecule has 2 heterocycles. The number of nitrogens with one attached hydrogen (secondary N) is 1. The Balaban J connectivity index is 1.37. The van der Waals surface area contributed by atoms with Crippen LogP contribution in [-0.2, 0) is 13.2 Å². The molecular formula is C23H21N3O. The summed E-state index contributed by atoms with van der Waals surface area (Å²) in [6.07, 6.45) is 3.58. The van der Waals surface area contributed by atoms with Crippen molar-refractivity contribution in [1.82, 2.24) is 9.97 Å². The monoisotopic (exact) mass is 355 g/mol. The zero-order chi connectivity index (χ0) is 18.5. The van der Waals surface area contributed by atoms with Crippen molar-refractivity contribution in [3.8, 4) is 5.75 Å². The van der Waals surface area contributed by atoms with E-state index < -0.39 is 0 Å². The molecule has 134 valence electrons. The number of hydrogen-bond donors (Lipinski definition) is 1. The number of aryl methyl sites for hydroxylation is 1. The van der Waals surface area contributed by atoms with E-state index in [4.69, 9.17) is 4.74 Å². The van der Waals surface area contributed by atoms with Crippen LogP contribution in [0.25, 0.3) is 10.9 Å². The van der Waals surface area contributed by atoms with Crippen LogP contribution < -0.4 is 10.1 Å². The maximum absolute atomic E-state index is 5.80. The average Bonchev–Trinajstić information content (AvgIpc) is 2.72. The van der Waals surface area contributed by atoms with Crippen LogP contribution in [-0.4, -0.2) is 9.97 Å². The first-order valence-corrected chi connectivity index (χ1v) is 8.99. The van der Waals surface area contributed by atoms with Gasteiger partial charge >= 0.3 is 0 Å². The Morgan fingerprint density at radius 2 is 1.78 bits per heavy atom.